The van der Waals surface area contributed by atoms with Crippen LogP contribution < -0.4 is 10.1 Å². The summed E-state index contributed by atoms with van der Waals surface area (Å²) in [6.07, 6.45) is 3.71. The van der Waals surface area contributed by atoms with E-state index in [2.05, 4.69) is 14.9 Å². The third-order valence-corrected chi connectivity index (χ3v) is 6.20. The van der Waals surface area contributed by atoms with Crippen molar-refractivity contribution >= 4 is 45.0 Å². The predicted molar refractivity (Wildman–Crippen MR) is 119 cm³/mol. The van der Waals surface area contributed by atoms with Crippen LogP contribution in [0.2, 0.25) is 10.0 Å². The van der Waals surface area contributed by atoms with Gasteiger partial charge in [0.2, 0.25) is 0 Å². The van der Waals surface area contributed by atoms with E-state index in [-0.39, 0.29) is 0 Å². The maximum atomic E-state index is 6.61. The molecule has 1 N–H and O–H groups in total. The number of hydrogen-bond acceptors (Lipinski definition) is 3. The third-order valence-electron chi connectivity index (χ3n) is 5.58. The van der Waals surface area contributed by atoms with Crippen LogP contribution in [0.3, 0.4) is 0 Å². The van der Waals surface area contributed by atoms with Crippen molar-refractivity contribution in [1.82, 2.24) is 14.9 Å². The molecule has 0 unspecified atom stereocenters. The zero-order valence-electron chi connectivity index (χ0n) is 15.9. The normalized spacial score (nSPS) is 14.1. The Bertz CT molecular complexity index is 1200. The molecule has 148 valence electrons. The zero-order valence-corrected chi connectivity index (χ0v) is 17.4. The van der Waals surface area contributed by atoms with Crippen molar-refractivity contribution in [1.29, 1.82) is 0 Å². The minimum atomic E-state index is 0.546. The van der Waals surface area contributed by atoms with E-state index in [0.29, 0.717) is 13.2 Å². The van der Waals surface area contributed by atoms with Gasteiger partial charge in [-0.05, 0) is 48.9 Å². The number of nitrogens with zero attached hydrogens (tertiary/aromatic N) is 2. The van der Waals surface area contributed by atoms with Gasteiger partial charge in [0.25, 0.3) is 0 Å². The van der Waals surface area contributed by atoms with Crippen LogP contribution in [0.4, 0.5) is 0 Å². The summed E-state index contributed by atoms with van der Waals surface area (Å²) in [5.74, 6) is 0.824. The SMILES string of the molecule is Clc1ccc(Cl)c2c1c1c(n2CCOc2ccc3cccnc3c2)CCNCC1. The lowest BCUT2D eigenvalue weighted by molar-refractivity contribution is 0.299. The highest BCUT2D eigenvalue weighted by atomic mass is 35.5. The molecule has 29 heavy (non-hydrogen) atoms. The van der Waals surface area contributed by atoms with E-state index in [4.69, 9.17) is 27.9 Å². The van der Waals surface area contributed by atoms with Gasteiger partial charge in [0.1, 0.15) is 12.4 Å². The van der Waals surface area contributed by atoms with E-state index < -0.39 is 0 Å². The van der Waals surface area contributed by atoms with Gasteiger partial charge in [-0.1, -0.05) is 29.3 Å². The molecule has 0 bridgehead atoms. The van der Waals surface area contributed by atoms with Crippen LogP contribution in [0, 0.1) is 0 Å². The molecule has 4 aromatic rings. The second-order valence-electron chi connectivity index (χ2n) is 7.29. The molecule has 0 aliphatic carbocycles. The third kappa shape index (κ3) is 3.46. The first-order valence-corrected chi connectivity index (χ1v) is 10.6. The van der Waals surface area contributed by atoms with Crippen LogP contribution in [0.25, 0.3) is 21.8 Å². The first-order valence-electron chi connectivity index (χ1n) is 9.88. The lowest BCUT2D eigenvalue weighted by Crippen LogP contribution is -2.18. The number of rotatable bonds is 4. The summed E-state index contributed by atoms with van der Waals surface area (Å²) < 4.78 is 8.37. The van der Waals surface area contributed by atoms with Crippen LogP contribution in [-0.4, -0.2) is 29.2 Å². The maximum absolute atomic E-state index is 6.61. The molecule has 1 aliphatic heterocycles. The van der Waals surface area contributed by atoms with Gasteiger partial charge in [-0.3, -0.25) is 4.98 Å². The molecular formula is C23H21Cl2N3O. The van der Waals surface area contributed by atoms with Crippen LogP contribution in [-0.2, 0) is 19.4 Å². The molecule has 0 fully saturated rings. The molecule has 2 aromatic heterocycles. The first kappa shape index (κ1) is 18.7. The van der Waals surface area contributed by atoms with Crippen molar-refractivity contribution < 1.29 is 4.74 Å². The molecule has 5 rings (SSSR count). The number of benzene rings is 2. The number of fused-ring (bicyclic) bond motifs is 4. The summed E-state index contributed by atoms with van der Waals surface area (Å²) in [4.78, 5) is 4.41. The van der Waals surface area contributed by atoms with Crippen molar-refractivity contribution in [3.63, 3.8) is 0 Å². The Morgan fingerprint density at radius 3 is 2.83 bits per heavy atom. The van der Waals surface area contributed by atoms with Gasteiger partial charge in [-0.25, -0.2) is 0 Å². The number of nitrogens with one attached hydrogen (secondary N) is 1. The molecule has 6 heteroatoms. The Morgan fingerprint density at radius 1 is 1.03 bits per heavy atom. The fourth-order valence-electron chi connectivity index (χ4n) is 4.27. The molecule has 4 nitrogen and oxygen atoms in total. The maximum Gasteiger partial charge on any atom is 0.121 e. The highest BCUT2D eigenvalue weighted by Crippen LogP contribution is 2.37. The Labute approximate surface area is 179 Å². The topological polar surface area (TPSA) is 39.1 Å². The highest BCUT2D eigenvalue weighted by molar-refractivity contribution is 6.40. The van der Waals surface area contributed by atoms with Gasteiger partial charge < -0.3 is 14.6 Å². The Kier molecular flexibility index (Phi) is 5.08. The van der Waals surface area contributed by atoms with Crippen LogP contribution >= 0.6 is 23.2 Å². The van der Waals surface area contributed by atoms with Crippen molar-refractivity contribution in [3.05, 3.63) is 70.0 Å². The van der Waals surface area contributed by atoms with E-state index >= 15 is 0 Å². The van der Waals surface area contributed by atoms with Crippen LogP contribution in [0.1, 0.15) is 11.3 Å². The quantitative estimate of drug-likeness (QED) is 0.484. The summed E-state index contributed by atoms with van der Waals surface area (Å²) >= 11 is 13.2. The zero-order chi connectivity index (χ0) is 19.8. The molecule has 1 aliphatic rings. The lowest BCUT2D eigenvalue weighted by atomic mass is 10.1. The first-order chi connectivity index (χ1) is 14.2. The summed E-state index contributed by atoms with van der Waals surface area (Å²) in [6.45, 7) is 3.17. The largest absolute Gasteiger partial charge is 0.492 e. The molecule has 0 radical (unpaired) electrons. The Balaban J connectivity index is 1.46. The molecule has 0 spiro atoms. The standard InChI is InChI=1S/C23H21Cl2N3O/c24-18-5-6-19(25)23-22(18)17-7-10-26-11-8-21(17)28(23)12-13-29-16-4-3-15-2-1-9-27-20(15)14-16/h1-6,9,14,26H,7-8,10-13H2. The number of pyridine rings is 1. The summed E-state index contributed by atoms with van der Waals surface area (Å²) in [7, 11) is 0. The van der Waals surface area contributed by atoms with Crippen LogP contribution in [0.5, 0.6) is 5.75 Å². The second-order valence-corrected chi connectivity index (χ2v) is 8.10. The Hall–Kier alpha value is -2.27. The average molecular weight is 426 g/mol. The summed E-state index contributed by atoms with van der Waals surface area (Å²) in [5, 5.41) is 7.18. The van der Waals surface area contributed by atoms with E-state index in [1.807, 2.05) is 42.5 Å². The second kappa shape index (κ2) is 7.86. The van der Waals surface area contributed by atoms with Crippen molar-refractivity contribution in [2.45, 2.75) is 19.4 Å². The predicted octanol–water partition coefficient (Wildman–Crippen LogP) is 5.26. The molecule has 2 aromatic carbocycles. The van der Waals surface area contributed by atoms with Crippen molar-refractivity contribution in [3.8, 4) is 5.75 Å². The minimum Gasteiger partial charge on any atom is -0.492 e. The van der Waals surface area contributed by atoms with Crippen molar-refractivity contribution in [2.75, 3.05) is 19.7 Å². The van der Waals surface area contributed by atoms with E-state index in [1.54, 1.807) is 6.20 Å². The van der Waals surface area contributed by atoms with E-state index in [0.717, 1.165) is 63.5 Å². The average Bonchev–Trinajstić information content (AvgIpc) is 2.88. The van der Waals surface area contributed by atoms with Gasteiger partial charge in [-0.2, -0.15) is 0 Å². The van der Waals surface area contributed by atoms with Crippen molar-refractivity contribution in [2.24, 2.45) is 0 Å². The smallest absolute Gasteiger partial charge is 0.121 e. The molecule has 0 saturated heterocycles. The summed E-state index contributed by atoms with van der Waals surface area (Å²) in [6, 6.07) is 13.8. The number of hydrogen-bond donors (Lipinski definition) is 1. The van der Waals surface area contributed by atoms with E-state index in [9.17, 15) is 0 Å². The van der Waals surface area contributed by atoms with Crippen LogP contribution in [0.15, 0.2) is 48.7 Å². The van der Waals surface area contributed by atoms with Gasteiger partial charge in [0, 0.05) is 41.7 Å². The van der Waals surface area contributed by atoms with Gasteiger partial charge >= 0.3 is 0 Å². The monoisotopic (exact) mass is 425 g/mol. The van der Waals surface area contributed by atoms with Gasteiger partial charge in [-0.15, -0.1) is 0 Å². The fraction of sp³-hybridized carbons (Fsp3) is 0.261. The fourth-order valence-corrected chi connectivity index (χ4v) is 4.80. The van der Waals surface area contributed by atoms with Gasteiger partial charge in [0.15, 0.2) is 0 Å². The lowest BCUT2D eigenvalue weighted by Gasteiger charge is -2.13. The summed E-state index contributed by atoms with van der Waals surface area (Å²) in [5.41, 5.74) is 4.58. The minimum absolute atomic E-state index is 0.546. The molecule has 0 amide bonds. The van der Waals surface area contributed by atoms with Gasteiger partial charge in [0.05, 0.1) is 27.6 Å². The Morgan fingerprint density at radius 2 is 1.90 bits per heavy atom. The number of halogens is 2. The molecule has 3 heterocycles. The molecular weight excluding hydrogens is 405 g/mol. The highest BCUT2D eigenvalue weighted by Gasteiger charge is 2.22. The molecule has 0 saturated carbocycles. The number of ether oxygens (including phenoxy) is 1. The number of aromatic nitrogens is 2. The molecule has 0 atom stereocenters. The van der Waals surface area contributed by atoms with E-state index in [1.165, 1.54) is 11.3 Å².